The van der Waals surface area contributed by atoms with Crippen molar-refractivity contribution in [2.24, 2.45) is 0 Å². The van der Waals surface area contributed by atoms with Gasteiger partial charge in [0, 0.05) is 28.8 Å². The number of ketones is 1. The van der Waals surface area contributed by atoms with Gasteiger partial charge in [-0.05, 0) is 49.4 Å². The van der Waals surface area contributed by atoms with Crippen molar-refractivity contribution in [1.82, 2.24) is 4.98 Å². The monoisotopic (exact) mass is 348 g/mol. The van der Waals surface area contributed by atoms with Crippen LogP contribution in [0.15, 0.2) is 53.3 Å². The van der Waals surface area contributed by atoms with Crippen LogP contribution in [0.2, 0.25) is 0 Å². The van der Waals surface area contributed by atoms with Gasteiger partial charge >= 0.3 is 0 Å². The van der Waals surface area contributed by atoms with Gasteiger partial charge in [0.15, 0.2) is 5.78 Å². The van der Waals surface area contributed by atoms with Gasteiger partial charge in [0.05, 0.1) is 0 Å². The lowest BCUT2D eigenvalue weighted by Crippen LogP contribution is -2.17. The molecule has 1 aromatic heterocycles. The first-order valence-electron chi connectivity index (χ1n) is 8.46. The summed E-state index contributed by atoms with van der Waals surface area (Å²) in [5.41, 5.74) is 3.24. The standard InChI is InChI=1S/C21H20N2O3/c1-13-7-8-15(14(2)24)12-19(13)22-20(25)10-9-17-11-16-5-3-4-6-18(16)23-21(17)26/h3-8,11-12H,9-10H2,1-2H3,(H,22,25)(H,23,26). The van der Waals surface area contributed by atoms with Gasteiger partial charge in [0.25, 0.3) is 5.56 Å². The zero-order valence-electron chi connectivity index (χ0n) is 14.8. The van der Waals surface area contributed by atoms with Crippen molar-refractivity contribution >= 4 is 28.3 Å². The largest absolute Gasteiger partial charge is 0.326 e. The molecule has 0 aliphatic rings. The number of H-pyrrole nitrogens is 1. The average molecular weight is 348 g/mol. The summed E-state index contributed by atoms with van der Waals surface area (Å²) in [5, 5.41) is 3.77. The molecule has 26 heavy (non-hydrogen) atoms. The first kappa shape index (κ1) is 17.6. The number of amides is 1. The lowest BCUT2D eigenvalue weighted by Gasteiger charge is -2.10. The number of para-hydroxylation sites is 1. The van der Waals surface area contributed by atoms with Crippen LogP contribution in [0.4, 0.5) is 5.69 Å². The van der Waals surface area contributed by atoms with Gasteiger partial charge in [0.2, 0.25) is 5.91 Å². The van der Waals surface area contributed by atoms with E-state index >= 15 is 0 Å². The number of aromatic amines is 1. The number of pyridine rings is 1. The van der Waals surface area contributed by atoms with Crippen LogP contribution < -0.4 is 10.9 Å². The van der Waals surface area contributed by atoms with Gasteiger partial charge in [-0.15, -0.1) is 0 Å². The van der Waals surface area contributed by atoms with Crippen LogP contribution in [0.1, 0.15) is 34.8 Å². The van der Waals surface area contributed by atoms with E-state index in [1.807, 2.05) is 37.3 Å². The highest BCUT2D eigenvalue weighted by Crippen LogP contribution is 2.18. The van der Waals surface area contributed by atoms with Crippen molar-refractivity contribution in [2.75, 3.05) is 5.32 Å². The van der Waals surface area contributed by atoms with Gasteiger partial charge in [-0.1, -0.05) is 30.3 Å². The second kappa shape index (κ2) is 7.35. The minimum atomic E-state index is -0.193. The van der Waals surface area contributed by atoms with E-state index in [0.29, 0.717) is 23.2 Å². The molecule has 1 heterocycles. The molecule has 0 unspecified atom stereocenters. The SMILES string of the molecule is CC(=O)c1ccc(C)c(NC(=O)CCc2cc3ccccc3[nH]c2=O)c1. The quantitative estimate of drug-likeness (QED) is 0.691. The maximum atomic E-state index is 12.3. The molecule has 0 spiro atoms. The Balaban J connectivity index is 1.72. The number of fused-ring (bicyclic) bond motifs is 1. The zero-order valence-corrected chi connectivity index (χ0v) is 14.8. The van der Waals surface area contributed by atoms with Crippen LogP contribution in [0, 0.1) is 6.92 Å². The summed E-state index contributed by atoms with van der Waals surface area (Å²) in [6, 6.07) is 14.6. The first-order chi connectivity index (χ1) is 12.4. The Morgan fingerprint density at radius 2 is 1.85 bits per heavy atom. The van der Waals surface area contributed by atoms with Gasteiger partial charge in [-0.25, -0.2) is 0 Å². The smallest absolute Gasteiger partial charge is 0.251 e. The van der Waals surface area contributed by atoms with Gasteiger partial charge < -0.3 is 10.3 Å². The molecule has 0 radical (unpaired) electrons. The molecule has 0 saturated carbocycles. The van der Waals surface area contributed by atoms with E-state index in [2.05, 4.69) is 10.3 Å². The van der Waals surface area contributed by atoms with Crippen LogP contribution in [-0.4, -0.2) is 16.7 Å². The molecular formula is C21H20N2O3. The fourth-order valence-electron chi connectivity index (χ4n) is 2.81. The summed E-state index contributed by atoms with van der Waals surface area (Å²) in [4.78, 5) is 38.8. The lowest BCUT2D eigenvalue weighted by molar-refractivity contribution is -0.116. The van der Waals surface area contributed by atoms with Gasteiger partial charge in [-0.3, -0.25) is 14.4 Å². The Labute approximate surface area is 151 Å². The normalized spacial score (nSPS) is 10.7. The minimum Gasteiger partial charge on any atom is -0.326 e. The highest BCUT2D eigenvalue weighted by molar-refractivity contribution is 5.97. The Hall–Kier alpha value is -3.21. The third kappa shape index (κ3) is 3.88. The third-order valence-electron chi connectivity index (χ3n) is 4.37. The number of aromatic nitrogens is 1. The first-order valence-corrected chi connectivity index (χ1v) is 8.46. The molecule has 0 atom stereocenters. The van der Waals surface area contributed by atoms with Crippen LogP contribution in [-0.2, 0) is 11.2 Å². The van der Waals surface area contributed by atoms with E-state index in [1.165, 1.54) is 6.92 Å². The number of hydrogen-bond donors (Lipinski definition) is 2. The topological polar surface area (TPSA) is 79.0 Å². The number of anilines is 1. The fraction of sp³-hybridized carbons (Fsp3) is 0.190. The van der Waals surface area contributed by atoms with E-state index in [1.54, 1.807) is 18.2 Å². The molecule has 5 nitrogen and oxygen atoms in total. The number of carbonyl (C=O) groups is 2. The molecular weight excluding hydrogens is 328 g/mol. The third-order valence-corrected chi connectivity index (χ3v) is 4.37. The number of nitrogens with one attached hydrogen (secondary N) is 2. The van der Waals surface area contributed by atoms with Crippen LogP contribution >= 0.6 is 0 Å². The predicted molar refractivity (Wildman–Crippen MR) is 103 cm³/mol. The highest BCUT2D eigenvalue weighted by atomic mass is 16.1. The second-order valence-corrected chi connectivity index (χ2v) is 6.35. The maximum Gasteiger partial charge on any atom is 0.251 e. The Kier molecular flexibility index (Phi) is 4.98. The van der Waals surface area contributed by atoms with Gasteiger partial charge in [0.1, 0.15) is 0 Å². The predicted octanol–water partition coefficient (Wildman–Crippen LogP) is 3.61. The van der Waals surface area contributed by atoms with E-state index in [-0.39, 0.29) is 23.7 Å². The molecule has 0 aliphatic carbocycles. The van der Waals surface area contributed by atoms with E-state index in [9.17, 15) is 14.4 Å². The second-order valence-electron chi connectivity index (χ2n) is 6.35. The number of aryl methyl sites for hydroxylation is 2. The number of hydrogen-bond acceptors (Lipinski definition) is 3. The number of benzene rings is 2. The van der Waals surface area contributed by atoms with Crippen molar-refractivity contribution in [3.8, 4) is 0 Å². The van der Waals surface area contributed by atoms with E-state index in [0.717, 1.165) is 16.5 Å². The molecule has 3 aromatic rings. The highest BCUT2D eigenvalue weighted by Gasteiger charge is 2.10. The Bertz CT molecular complexity index is 1050. The molecule has 1 amide bonds. The van der Waals surface area contributed by atoms with Gasteiger partial charge in [-0.2, -0.15) is 0 Å². The molecule has 5 heteroatoms. The number of rotatable bonds is 5. The molecule has 132 valence electrons. The Morgan fingerprint density at radius 3 is 2.62 bits per heavy atom. The molecule has 0 aliphatic heterocycles. The zero-order chi connectivity index (χ0) is 18.7. The molecule has 3 rings (SSSR count). The summed E-state index contributed by atoms with van der Waals surface area (Å²) in [6.45, 7) is 3.36. The number of carbonyl (C=O) groups excluding carboxylic acids is 2. The average Bonchev–Trinajstić information content (AvgIpc) is 2.61. The summed E-state index contributed by atoms with van der Waals surface area (Å²) >= 11 is 0. The Morgan fingerprint density at radius 1 is 1.08 bits per heavy atom. The molecule has 0 fully saturated rings. The van der Waals surface area contributed by atoms with Crippen molar-refractivity contribution in [1.29, 1.82) is 0 Å². The summed E-state index contributed by atoms with van der Waals surface area (Å²) in [6.07, 6.45) is 0.530. The van der Waals surface area contributed by atoms with Crippen molar-refractivity contribution < 1.29 is 9.59 Å². The lowest BCUT2D eigenvalue weighted by atomic mass is 10.1. The van der Waals surface area contributed by atoms with Crippen molar-refractivity contribution in [2.45, 2.75) is 26.7 Å². The van der Waals surface area contributed by atoms with Crippen LogP contribution in [0.5, 0.6) is 0 Å². The minimum absolute atomic E-state index is 0.0526. The summed E-state index contributed by atoms with van der Waals surface area (Å²) < 4.78 is 0. The van der Waals surface area contributed by atoms with E-state index < -0.39 is 0 Å². The van der Waals surface area contributed by atoms with Crippen molar-refractivity contribution in [3.63, 3.8) is 0 Å². The molecule has 2 aromatic carbocycles. The van der Waals surface area contributed by atoms with E-state index in [4.69, 9.17) is 0 Å². The number of Topliss-reactive ketones (excluding diaryl/α,β-unsaturated/α-hetero) is 1. The van der Waals surface area contributed by atoms with Crippen LogP contribution in [0.3, 0.4) is 0 Å². The summed E-state index contributed by atoms with van der Waals surface area (Å²) in [7, 11) is 0. The van der Waals surface area contributed by atoms with Crippen molar-refractivity contribution in [3.05, 3.63) is 75.6 Å². The maximum absolute atomic E-state index is 12.3. The summed E-state index contributed by atoms with van der Waals surface area (Å²) in [5.74, 6) is -0.246. The molecule has 0 saturated heterocycles. The van der Waals surface area contributed by atoms with Crippen LogP contribution in [0.25, 0.3) is 10.9 Å². The fourth-order valence-corrected chi connectivity index (χ4v) is 2.81. The molecule has 0 bridgehead atoms. The molecule has 2 N–H and O–H groups in total.